The molecule has 2 aliphatic rings. The Morgan fingerprint density at radius 1 is 1.33 bits per heavy atom. The molecule has 1 saturated heterocycles. The van der Waals surface area contributed by atoms with Gasteiger partial charge >= 0.3 is 0 Å². The van der Waals surface area contributed by atoms with Crippen LogP contribution in [-0.4, -0.2) is 24.5 Å². The van der Waals surface area contributed by atoms with Crippen molar-refractivity contribution in [3.05, 3.63) is 35.4 Å². The van der Waals surface area contributed by atoms with Crippen LogP contribution >= 0.6 is 0 Å². The summed E-state index contributed by atoms with van der Waals surface area (Å²) < 4.78 is 0. The number of amides is 1. The molecule has 1 fully saturated rings. The van der Waals surface area contributed by atoms with Crippen molar-refractivity contribution in [3.8, 4) is 0 Å². The number of hydrogen-bond donors (Lipinski definition) is 2. The molecular formula is C15H20N2O. The fourth-order valence-electron chi connectivity index (χ4n) is 3.07. The minimum Gasteiger partial charge on any atom is -0.349 e. The van der Waals surface area contributed by atoms with Crippen LogP contribution < -0.4 is 10.6 Å². The van der Waals surface area contributed by atoms with Crippen LogP contribution in [0, 0.1) is 5.92 Å². The molecule has 0 spiro atoms. The van der Waals surface area contributed by atoms with Crippen molar-refractivity contribution >= 4 is 5.91 Å². The maximum atomic E-state index is 12.3. The van der Waals surface area contributed by atoms with Crippen molar-refractivity contribution in [2.45, 2.75) is 31.7 Å². The minimum atomic E-state index is -0.0497. The van der Waals surface area contributed by atoms with Crippen molar-refractivity contribution < 1.29 is 4.79 Å². The van der Waals surface area contributed by atoms with Gasteiger partial charge in [-0.05, 0) is 43.9 Å². The van der Waals surface area contributed by atoms with E-state index in [-0.39, 0.29) is 17.4 Å². The van der Waals surface area contributed by atoms with Crippen LogP contribution in [0.25, 0.3) is 0 Å². The Bertz CT molecular complexity index is 438. The SMILES string of the molecule is CC1(NC(=O)C2Cc3ccccc3C2)CCNC1. The molecule has 0 saturated carbocycles. The van der Waals surface area contributed by atoms with Crippen molar-refractivity contribution in [2.75, 3.05) is 13.1 Å². The van der Waals surface area contributed by atoms with Gasteiger partial charge in [0.05, 0.1) is 5.54 Å². The molecule has 96 valence electrons. The highest BCUT2D eigenvalue weighted by atomic mass is 16.2. The molecule has 3 heteroatoms. The molecule has 3 rings (SSSR count). The summed E-state index contributed by atoms with van der Waals surface area (Å²) in [6, 6.07) is 8.39. The van der Waals surface area contributed by atoms with Crippen molar-refractivity contribution in [1.29, 1.82) is 0 Å². The molecule has 2 N–H and O–H groups in total. The first-order valence-electron chi connectivity index (χ1n) is 6.76. The lowest BCUT2D eigenvalue weighted by Gasteiger charge is -2.26. The third kappa shape index (κ3) is 2.15. The Morgan fingerprint density at radius 2 is 2.00 bits per heavy atom. The third-order valence-corrected chi connectivity index (χ3v) is 4.22. The summed E-state index contributed by atoms with van der Waals surface area (Å²) in [4.78, 5) is 12.3. The molecule has 18 heavy (non-hydrogen) atoms. The topological polar surface area (TPSA) is 41.1 Å². The largest absolute Gasteiger partial charge is 0.349 e. The van der Waals surface area contributed by atoms with Gasteiger partial charge in [0.25, 0.3) is 0 Å². The minimum absolute atomic E-state index is 0.0497. The molecule has 1 amide bonds. The van der Waals surface area contributed by atoms with E-state index in [1.165, 1.54) is 11.1 Å². The van der Waals surface area contributed by atoms with Crippen LogP contribution in [-0.2, 0) is 17.6 Å². The second kappa shape index (κ2) is 4.39. The number of hydrogen-bond acceptors (Lipinski definition) is 2. The van der Waals surface area contributed by atoms with E-state index in [0.29, 0.717) is 0 Å². The summed E-state index contributed by atoms with van der Waals surface area (Å²) in [5.41, 5.74) is 2.63. The Labute approximate surface area is 108 Å². The number of fused-ring (bicyclic) bond motifs is 1. The van der Waals surface area contributed by atoms with Crippen LogP contribution in [0.3, 0.4) is 0 Å². The molecule has 1 aromatic rings. The molecular weight excluding hydrogens is 224 g/mol. The monoisotopic (exact) mass is 244 g/mol. The van der Waals surface area contributed by atoms with Gasteiger partial charge in [0.15, 0.2) is 0 Å². The molecule has 1 aliphatic heterocycles. The van der Waals surface area contributed by atoms with E-state index >= 15 is 0 Å². The lowest BCUT2D eigenvalue weighted by molar-refractivity contribution is -0.126. The van der Waals surface area contributed by atoms with Gasteiger partial charge in [0.1, 0.15) is 0 Å². The Kier molecular flexibility index (Phi) is 2.86. The Balaban J connectivity index is 1.65. The molecule has 1 heterocycles. The van der Waals surface area contributed by atoms with E-state index in [1.54, 1.807) is 0 Å². The van der Waals surface area contributed by atoms with Gasteiger partial charge in [-0.15, -0.1) is 0 Å². The van der Waals surface area contributed by atoms with Crippen molar-refractivity contribution in [3.63, 3.8) is 0 Å². The maximum Gasteiger partial charge on any atom is 0.224 e. The molecule has 0 aromatic heterocycles. The summed E-state index contributed by atoms with van der Waals surface area (Å²) in [6.45, 7) is 4.02. The number of benzene rings is 1. The summed E-state index contributed by atoms with van der Waals surface area (Å²) in [7, 11) is 0. The fourth-order valence-corrected chi connectivity index (χ4v) is 3.07. The molecule has 1 unspecified atom stereocenters. The lowest BCUT2D eigenvalue weighted by atomic mass is 9.98. The average molecular weight is 244 g/mol. The van der Waals surface area contributed by atoms with E-state index in [2.05, 4.69) is 41.8 Å². The predicted molar refractivity (Wildman–Crippen MR) is 71.4 cm³/mol. The van der Waals surface area contributed by atoms with Gasteiger partial charge in [-0.25, -0.2) is 0 Å². The van der Waals surface area contributed by atoms with E-state index in [1.807, 2.05) is 0 Å². The summed E-state index contributed by atoms with van der Waals surface area (Å²) in [6.07, 6.45) is 2.81. The number of rotatable bonds is 2. The van der Waals surface area contributed by atoms with Gasteiger partial charge in [0, 0.05) is 12.5 Å². The van der Waals surface area contributed by atoms with Gasteiger partial charge in [-0.1, -0.05) is 24.3 Å². The summed E-state index contributed by atoms with van der Waals surface area (Å²) in [5, 5.41) is 6.54. The van der Waals surface area contributed by atoms with E-state index in [4.69, 9.17) is 0 Å². The maximum absolute atomic E-state index is 12.3. The van der Waals surface area contributed by atoms with Crippen LogP contribution in [0.2, 0.25) is 0 Å². The third-order valence-electron chi connectivity index (χ3n) is 4.22. The van der Waals surface area contributed by atoms with Crippen LogP contribution in [0.15, 0.2) is 24.3 Å². The second-order valence-electron chi connectivity index (χ2n) is 5.85. The van der Waals surface area contributed by atoms with E-state index in [9.17, 15) is 4.79 Å². The molecule has 1 aromatic carbocycles. The number of carbonyl (C=O) groups excluding carboxylic acids is 1. The quantitative estimate of drug-likeness (QED) is 0.822. The highest BCUT2D eigenvalue weighted by Crippen LogP contribution is 2.27. The number of carbonyl (C=O) groups is 1. The predicted octanol–water partition coefficient (Wildman–Crippen LogP) is 1.27. The molecule has 1 atom stereocenters. The normalized spacial score (nSPS) is 27.2. The van der Waals surface area contributed by atoms with Crippen LogP contribution in [0.5, 0.6) is 0 Å². The smallest absolute Gasteiger partial charge is 0.224 e. The lowest BCUT2D eigenvalue weighted by Crippen LogP contribution is -2.49. The Morgan fingerprint density at radius 3 is 2.56 bits per heavy atom. The summed E-state index contributed by atoms with van der Waals surface area (Å²) in [5.74, 6) is 0.345. The Hall–Kier alpha value is -1.35. The molecule has 1 aliphatic carbocycles. The number of nitrogens with one attached hydrogen (secondary N) is 2. The zero-order valence-corrected chi connectivity index (χ0v) is 10.8. The van der Waals surface area contributed by atoms with Crippen LogP contribution in [0.1, 0.15) is 24.5 Å². The molecule has 0 radical (unpaired) electrons. The fraction of sp³-hybridized carbons (Fsp3) is 0.533. The molecule has 3 nitrogen and oxygen atoms in total. The standard InChI is InChI=1S/C15H20N2O/c1-15(6-7-16-10-15)17-14(18)13-8-11-4-2-3-5-12(11)9-13/h2-5,13,16H,6-10H2,1H3,(H,17,18). The van der Waals surface area contributed by atoms with Crippen molar-refractivity contribution in [2.24, 2.45) is 5.92 Å². The zero-order chi connectivity index (χ0) is 12.6. The second-order valence-corrected chi connectivity index (χ2v) is 5.85. The van der Waals surface area contributed by atoms with Gasteiger partial charge in [0.2, 0.25) is 5.91 Å². The van der Waals surface area contributed by atoms with Gasteiger partial charge in [-0.2, -0.15) is 0 Å². The average Bonchev–Trinajstić information content (AvgIpc) is 2.95. The highest BCUT2D eigenvalue weighted by Gasteiger charge is 2.34. The highest BCUT2D eigenvalue weighted by molar-refractivity contribution is 5.81. The van der Waals surface area contributed by atoms with E-state index < -0.39 is 0 Å². The van der Waals surface area contributed by atoms with Gasteiger partial charge in [-0.3, -0.25) is 4.79 Å². The van der Waals surface area contributed by atoms with Gasteiger partial charge < -0.3 is 10.6 Å². The van der Waals surface area contributed by atoms with Crippen molar-refractivity contribution in [1.82, 2.24) is 10.6 Å². The first-order valence-corrected chi connectivity index (χ1v) is 6.76. The summed E-state index contributed by atoms with van der Waals surface area (Å²) >= 11 is 0. The first kappa shape index (κ1) is 11.7. The van der Waals surface area contributed by atoms with E-state index in [0.717, 1.165) is 32.4 Å². The zero-order valence-electron chi connectivity index (χ0n) is 10.8. The first-order chi connectivity index (χ1) is 8.66. The van der Waals surface area contributed by atoms with Crippen LogP contribution in [0.4, 0.5) is 0 Å². The molecule has 0 bridgehead atoms.